The van der Waals surface area contributed by atoms with Gasteiger partial charge in [-0.05, 0) is 37.0 Å². The molecule has 23 heavy (non-hydrogen) atoms. The molecule has 2 rings (SSSR count). The zero-order chi connectivity index (χ0) is 16.8. The number of Topliss-reactive ketones (excluding diaryl/α,β-unsaturated/α-hetero) is 1. The van der Waals surface area contributed by atoms with Crippen molar-refractivity contribution in [3.05, 3.63) is 65.2 Å². The third-order valence-electron chi connectivity index (χ3n) is 3.88. The molecule has 0 amide bonds. The second kappa shape index (κ2) is 7.63. The average Bonchev–Trinajstić information content (AvgIpc) is 2.58. The molecular formula is C20H22N2O. The molecule has 3 heteroatoms. The predicted molar refractivity (Wildman–Crippen MR) is 95.9 cm³/mol. The van der Waals surface area contributed by atoms with E-state index in [1.54, 1.807) is 19.1 Å². The molecule has 0 radical (unpaired) electrons. The minimum Gasteiger partial charge on any atom is -0.294 e. The highest BCUT2D eigenvalue weighted by Crippen LogP contribution is 2.31. The lowest BCUT2D eigenvalue weighted by atomic mass is 10.0. The summed E-state index contributed by atoms with van der Waals surface area (Å²) >= 11 is 0. The van der Waals surface area contributed by atoms with E-state index in [0.29, 0.717) is 11.3 Å². The first-order valence-electron chi connectivity index (χ1n) is 7.91. The molecule has 0 spiro atoms. The Balaban J connectivity index is 2.58. The van der Waals surface area contributed by atoms with Crippen LogP contribution in [-0.4, -0.2) is 5.78 Å². The van der Waals surface area contributed by atoms with E-state index in [2.05, 4.69) is 23.7 Å². The van der Waals surface area contributed by atoms with Crippen LogP contribution in [0.2, 0.25) is 0 Å². The van der Waals surface area contributed by atoms with E-state index in [1.807, 2.05) is 37.3 Å². The number of benzene rings is 2. The van der Waals surface area contributed by atoms with Gasteiger partial charge in [0.15, 0.2) is 5.78 Å². The number of hydrogen-bond donors (Lipinski definition) is 0. The number of rotatable bonds is 6. The quantitative estimate of drug-likeness (QED) is 0.471. The number of azo groups is 1. The van der Waals surface area contributed by atoms with Crippen molar-refractivity contribution in [1.29, 1.82) is 0 Å². The van der Waals surface area contributed by atoms with E-state index in [9.17, 15) is 4.79 Å². The third kappa shape index (κ3) is 3.62. The second-order valence-electron chi connectivity index (χ2n) is 5.34. The van der Waals surface area contributed by atoms with Gasteiger partial charge in [0.25, 0.3) is 0 Å². The highest BCUT2D eigenvalue weighted by molar-refractivity contribution is 5.99. The summed E-state index contributed by atoms with van der Waals surface area (Å²) in [5.41, 5.74) is 5.20. The summed E-state index contributed by atoms with van der Waals surface area (Å²) in [6.07, 6.45) is 3.45. The number of carbonyl (C=O) groups is 1. The van der Waals surface area contributed by atoms with Crippen LogP contribution in [0.3, 0.4) is 0 Å². The van der Waals surface area contributed by atoms with Crippen molar-refractivity contribution in [1.82, 2.24) is 0 Å². The van der Waals surface area contributed by atoms with Crippen LogP contribution in [0.1, 0.15) is 47.8 Å². The predicted octanol–water partition coefficient (Wildman–Crippen LogP) is 6.07. The summed E-state index contributed by atoms with van der Waals surface area (Å²) in [4.78, 5) is 11.9. The van der Waals surface area contributed by atoms with Gasteiger partial charge in [0, 0.05) is 11.1 Å². The van der Waals surface area contributed by atoms with Gasteiger partial charge in [-0.3, -0.25) is 4.79 Å². The minimum absolute atomic E-state index is 0.00182. The van der Waals surface area contributed by atoms with Crippen molar-refractivity contribution in [3.63, 3.8) is 0 Å². The molecule has 3 nitrogen and oxygen atoms in total. The fourth-order valence-corrected chi connectivity index (χ4v) is 2.56. The van der Waals surface area contributed by atoms with Gasteiger partial charge in [-0.1, -0.05) is 56.8 Å². The van der Waals surface area contributed by atoms with Crippen LogP contribution >= 0.6 is 0 Å². The molecule has 0 aliphatic rings. The molecule has 0 heterocycles. The van der Waals surface area contributed by atoms with Crippen molar-refractivity contribution < 1.29 is 4.79 Å². The van der Waals surface area contributed by atoms with Gasteiger partial charge in [-0.2, -0.15) is 0 Å². The first kappa shape index (κ1) is 16.8. The summed E-state index contributed by atoms with van der Waals surface area (Å²) in [5.74, 6) is 0.00182. The Kier molecular flexibility index (Phi) is 5.58. The number of hydrogen-bond acceptors (Lipinski definition) is 3. The number of aryl methyl sites for hydroxylation is 2. The Bertz CT molecular complexity index is 760. The molecule has 0 aliphatic carbocycles. The van der Waals surface area contributed by atoms with Crippen molar-refractivity contribution >= 4 is 23.2 Å². The molecule has 118 valence electrons. The average molecular weight is 306 g/mol. The monoisotopic (exact) mass is 306 g/mol. The molecule has 2 aromatic rings. The summed E-state index contributed by atoms with van der Waals surface area (Å²) in [6, 6.07) is 11.7. The van der Waals surface area contributed by atoms with Crippen LogP contribution < -0.4 is 0 Å². The van der Waals surface area contributed by atoms with Crippen molar-refractivity contribution in [2.45, 2.75) is 33.6 Å². The fraction of sp³-hybridized carbons (Fsp3) is 0.250. The maximum Gasteiger partial charge on any atom is 0.162 e. The van der Waals surface area contributed by atoms with Crippen molar-refractivity contribution in [2.24, 2.45) is 10.2 Å². The molecule has 0 saturated carbocycles. The molecule has 0 fully saturated rings. The largest absolute Gasteiger partial charge is 0.294 e. The van der Waals surface area contributed by atoms with Crippen molar-refractivity contribution in [3.8, 4) is 0 Å². The van der Waals surface area contributed by atoms with E-state index in [4.69, 9.17) is 0 Å². The minimum atomic E-state index is 0.00182. The van der Waals surface area contributed by atoms with E-state index >= 15 is 0 Å². The Labute approximate surface area is 137 Å². The maximum absolute atomic E-state index is 11.9. The standard InChI is InChI=1S/C20H22N2O/c1-5-15-10-8-11-16(6-2)19(15)21-22-20-17(7-3)12-9-13-18(20)14(4)23/h5,8-13H,1,6-7H2,2-4H3. The first-order valence-corrected chi connectivity index (χ1v) is 7.91. The third-order valence-corrected chi connectivity index (χ3v) is 3.88. The molecule has 2 aromatic carbocycles. The lowest BCUT2D eigenvalue weighted by Crippen LogP contribution is -1.95. The fourth-order valence-electron chi connectivity index (χ4n) is 2.56. The van der Waals surface area contributed by atoms with Gasteiger partial charge >= 0.3 is 0 Å². The topological polar surface area (TPSA) is 41.8 Å². The van der Waals surface area contributed by atoms with Gasteiger partial charge in [0.05, 0.1) is 11.4 Å². The Morgan fingerprint density at radius 3 is 2.13 bits per heavy atom. The highest BCUT2D eigenvalue weighted by atomic mass is 16.1. The molecule has 0 saturated heterocycles. The van der Waals surface area contributed by atoms with Gasteiger partial charge < -0.3 is 0 Å². The van der Waals surface area contributed by atoms with Crippen LogP contribution in [0, 0.1) is 0 Å². The van der Waals surface area contributed by atoms with Crippen LogP contribution in [0.25, 0.3) is 6.08 Å². The summed E-state index contributed by atoms with van der Waals surface area (Å²) in [5, 5.41) is 8.91. The van der Waals surface area contributed by atoms with Gasteiger partial charge in [-0.15, -0.1) is 10.2 Å². The SMILES string of the molecule is C=Cc1cccc(CC)c1N=Nc1c(CC)cccc1C(C)=O. The van der Waals surface area contributed by atoms with Gasteiger partial charge in [-0.25, -0.2) is 0 Å². The Morgan fingerprint density at radius 2 is 1.57 bits per heavy atom. The Hall–Kier alpha value is -2.55. The van der Waals surface area contributed by atoms with Crippen LogP contribution in [0.5, 0.6) is 0 Å². The Morgan fingerprint density at radius 1 is 1.00 bits per heavy atom. The zero-order valence-electron chi connectivity index (χ0n) is 14.0. The number of ketones is 1. The first-order chi connectivity index (χ1) is 11.1. The van der Waals surface area contributed by atoms with Crippen LogP contribution in [-0.2, 0) is 12.8 Å². The van der Waals surface area contributed by atoms with E-state index in [-0.39, 0.29) is 5.78 Å². The lowest BCUT2D eigenvalue weighted by molar-refractivity contribution is 0.101. The normalized spacial score (nSPS) is 10.9. The van der Waals surface area contributed by atoms with E-state index < -0.39 is 0 Å². The lowest BCUT2D eigenvalue weighted by Gasteiger charge is -2.08. The number of carbonyl (C=O) groups excluding carboxylic acids is 1. The summed E-state index contributed by atoms with van der Waals surface area (Å²) in [6.45, 7) is 9.54. The molecule has 0 aromatic heterocycles. The molecule has 0 unspecified atom stereocenters. The molecule has 0 aliphatic heterocycles. The molecule has 0 N–H and O–H groups in total. The molecule has 0 atom stereocenters. The summed E-state index contributed by atoms with van der Waals surface area (Å²) in [7, 11) is 0. The van der Waals surface area contributed by atoms with Crippen LogP contribution in [0.15, 0.2) is 53.2 Å². The van der Waals surface area contributed by atoms with Crippen LogP contribution in [0.4, 0.5) is 11.4 Å². The van der Waals surface area contributed by atoms with E-state index in [1.165, 1.54) is 0 Å². The highest BCUT2D eigenvalue weighted by Gasteiger charge is 2.11. The van der Waals surface area contributed by atoms with E-state index in [0.717, 1.165) is 35.2 Å². The van der Waals surface area contributed by atoms with Crippen molar-refractivity contribution in [2.75, 3.05) is 0 Å². The molecule has 0 bridgehead atoms. The second-order valence-corrected chi connectivity index (χ2v) is 5.34. The van der Waals surface area contributed by atoms with Gasteiger partial charge in [0.2, 0.25) is 0 Å². The maximum atomic E-state index is 11.9. The smallest absolute Gasteiger partial charge is 0.162 e. The number of nitrogens with zero attached hydrogens (tertiary/aromatic N) is 2. The molecular weight excluding hydrogens is 284 g/mol. The summed E-state index contributed by atoms with van der Waals surface area (Å²) < 4.78 is 0. The van der Waals surface area contributed by atoms with Gasteiger partial charge in [0.1, 0.15) is 0 Å². The zero-order valence-corrected chi connectivity index (χ0v) is 14.0.